The predicted molar refractivity (Wildman–Crippen MR) is 40.6 cm³/mol. The first-order chi connectivity index (χ1) is 5.20. The lowest BCUT2D eigenvalue weighted by Gasteiger charge is -2.26. The Morgan fingerprint density at radius 2 is 2.00 bits per heavy atom. The van der Waals surface area contributed by atoms with Crippen molar-refractivity contribution in [2.45, 2.75) is 44.6 Å². The van der Waals surface area contributed by atoms with E-state index in [-0.39, 0.29) is 0 Å². The van der Waals surface area contributed by atoms with Gasteiger partial charge in [0.15, 0.2) is 0 Å². The normalized spacial score (nSPS) is 21.8. The maximum absolute atomic E-state index is 11.9. The van der Waals surface area contributed by atoms with Crippen molar-refractivity contribution in [1.29, 1.82) is 0 Å². The van der Waals surface area contributed by atoms with Gasteiger partial charge in [0.05, 0.1) is 6.04 Å². The van der Waals surface area contributed by atoms with Crippen LogP contribution in [0.25, 0.3) is 0 Å². The zero-order chi connectivity index (χ0) is 8.27. The van der Waals surface area contributed by atoms with Crippen molar-refractivity contribution in [3.8, 4) is 0 Å². The average molecular weight is 163 g/mol. The molecule has 0 aromatic heterocycles. The Hall–Kier alpha value is -0.180. The summed E-state index contributed by atoms with van der Waals surface area (Å²) in [5.41, 5.74) is 5.19. The smallest absolute Gasteiger partial charge is 0.253 e. The molecule has 0 spiro atoms. The standard InChI is InChI=1S/C8H15F2N/c9-8(10)7(11)5-4-6-2-1-3-6/h6-8H,1-5,11H2. The summed E-state index contributed by atoms with van der Waals surface area (Å²) in [5, 5.41) is 0. The van der Waals surface area contributed by atoms with Crippen LogP contribution in [0.15, 0.2) is 0 Å². The molecule has 1 fully saturated rings. The fourth-order valence-electron chi connectivity index (χ4n) is 1.34. The van der Waals surface area contributed by atoms with E-state index in [1.54, 1.807) is 0 Å². The third-order valence-corrected chi connectivity index (χ3v) is 2.46. The van der Waals surface area contributed by atoms with E-state index < -0.39 is 12.5 Å². The molecule has 1 saturated carbocycles. The van der Waals surface area contributed by atoms with E-state index in [0.717, 1.165) is 6.42 Å². The van der Waals surface area contributed by atoms with Gasteiger partial charge >= 0.3 is 0 Å². The van der Waals surface area contributed by atoms with Crippen molar-refractivity contribution in [3.05, 3.63) is 0 Å². The lowest BCUT2D eigenvalue weighted by Crippen LogP contribution is -2.29. The highest BCUT2D eigenvalue weighted by Gasteiger charge is 2.21. The van der Waals surface area contributed by atoms with Crippen LogP contribution in [0.1, 0.15) is 32.1 Å². The molecular weight excluding hydrogens is 148 g/mol. The molecule has 0 radical (unpaired) electrons. The first-order valence-electron chi connectivity index (χ1n) is 4.24. The van der Waals surface area contributed by atoms with Gasteiger partial charge in [-0.3, -0.25) is 0 Å². The summed E-state index contributed by atoms with van der Waals surface area (Å²) in [4.78, 5) is 0. The monoisotopic (exact) mass is 163 g/mol. The van der Waals surface area contributed by atoms with Crippen LogP contribution >= 0.6 is 0 Å². The summed E-state index contributed by atoms with van der Waals surface area (Å²) in [7, 11) is 0. The van der Waals surface area contributed by atoms with E-state index in [4.69, 9.17) is 5.73 Å². The second kappa shape index (κ2) is 4.00. The molecule has 1 atom stereocenters. The highest BCUT2D eigenvalue weighted by atomic mass is 19.3. The molecule has 0 saturated heterocycles. The molecule has 1 unspecified atom stereocenters. The molecule has 2 N–H and O–H groups in total. The highest BCUT2D eigenvalue weighted by molar-refractivity contribution is 4.73. The molecule has 1 aliphatic rings. The van der Waals surface area contributed by atoms with Gasteiger partial charge in [-0.05, 0) is 18.8 Å². The Labute approximate surface area is 66.0 Å². The number of nitrogens with two attached hydrogens (primary N) is 1. The second-order valence-electron chi connectivity index (χ2n) is 3.37. The lowest BCUT2D eigenvalue weighted by atomic mass is 9.81. The first kappa shape index (κ1) is 8.91. The van der Waals surface area contributed by atoms with Gasteiger partial charge in [-0.2, -0.15) is 0 Å². The summed E-state index contributed by atoms with van der Waals surface area (Å²) in [5.74, 6) is 0.694. The molecular formula is C8H15F2N. The van der Waals surface area contributed by atoms with Gasteiger partial charge in [0.2, 0.25) is 0 Å². The predicted octanol–water partition coefficient (Wildman–Crippen LogP) is 2.16. The first-order valence-corrected chi connectivity index (χ1v) is 4.24. The molecule has 0 heterocycles. The van der Waals surface area contributed by atoms with Crippen LogP contribution in [-0.4, -0.2) is 12.5 Å². The van der Waals surface area contributed by atoms with Crippen LogP contribution in [0.5, 0.6) is 0 Å². The van der Waals surface area contributed by atoms with E-state index in [2.05, 4.69) is 0 Å². The van der Waals surface area contributed by atoms with Gasteiger partial charge < -0.3 is 5.73 Å². The Kier molecular flexibility index (Phi) is 3.24. The molecule has 3 heteroatoms. The Morgan fingerprint density at radius 3 is 2.36 bits per heavy atom. The van der Waals surface area contributed by atoms with Gasteiger partial charge in [-0.1, -0.05) is 19.3 Å². The Bertz CT molecular complexity index is 113. The molecule has 0 amide bonds. The SMILES string of the molecule is NC(CCC1CCC1)C(F)F. The van der Waals surface area contributed by atoms with Crippen molar-refractivity contribution in [2.24, 2.45) is 11.7 Å². The summed E-state index contributed by atoms with van der Waals surface area (Å²) >= 11 is 0. The van der Waals surface area contributed by atoms with E-state index in [1.165, 1.54) is 19.3 Å². The highest BCUT2D eigenvalue weighted by Crippen LogP contribution is 2.30. The van der Waals surface area contributed by atoms with Crippen LogP contribution in [0, 0.1) is 5.92 Å². The van der Waals surface area contributed by atoms with Gasteiger partial charge in [0.25, 0.3) is 6.43 Å². The minimum Gasteiger partial charge on any atom is -0.323 e. The summed E-state index contributed by atoms with van der Waals surface area (Å²) in [6.07, 6.45) is 2.75. The average Bonchev–Trinajstić information content (AvgIpc) is 1.83. The molecule has 0 aromatic carbocycles. The topological polar surface area (TPSA) is 26.0 Å². The summed E-state index contributed by atoms with van der Waals surface area (Å²) in [6.45, 7) is 0. The third-order valence-electron chi connectivity index (χ3n) is 2.46. The van der Waals surface area contributed by atoms with E-state index >= 15 is 0 Å². The third kappa shape index (κ3) is 2.73. The number of hydrogen-bond donors (Lipinski definition) is 1. The summed E-state index contributed by atoms with van der Waals surface area (Å²) in [6, 6.07) is -0.893. The quantitative estimate of drug-likeness (QED) is 0.675. The minimum absolute atomic E-state index is 0.488. The lowest BCUT2D eigenvalue weighted by molar-refractivity contribution is 0.105. The van der Waals surface area contributed by atoms with Crippen LogP contribution in [0.2, 0.25) is 0 Å². The van der Waals surface area contributed by atoms with Crippen LogP contribution < -0.4 is 5.73 Å². The number of hydrogen-bond acceptors (Lipinski definition) is 1. The summed E-state index contributed by atoms with van der Waals surface area (Å²) < 4.78 is 23.8. The number of halogens is 2. The van der Waals surface area contributed by atoms with Gasteiger partial charge in [-0.15, -0.1) is 0 Å². The second-order valence-corrected chi connectivity index (χ2v) is 3.37. The maximum Gasteiger partial charge on any atom is 0.253 e. The van der Waals surface area contributed by atoms with Crippen LogP contribution in [-0.2, 0) is 0 Å². The van der Waals surface area contributed by atoms with Crippen molar-refractivity contribution >= 4 is 0 Å². The van der Waals surface area contributed by atoms with Crippen molar-refractivity contribution < 1.29 is 8.78 Å². The Balaban J connectivity index is 2.01. The van der Waals surface area contributed by atoms with Gasteiger partial charge in [-0.25, -0.2) is 8.78 Å². The molecule has 1 nitrogen and oxygen atoms in total. The molecule has 66 valence electrons. The van der Waals surface area contributed by atoms with Gasteiger partial charge in [0, 0.05) is 0 Å². The molecule has 11 heavy (non-hydrogen) atoms. The largest absolute Gasteiger partial charge is 0.323 e. The van der Waals surface area contributed by atoms with Crippen LogP contribution in [0.3, 0.4) is 0 Å². The zero-order valence-electron chi connectivity index (χ0n) is 6.60. The zero-order valence-corrected chi connectivity index (χ0v) is 6.60. The number of rotatable bonds is 4. The van der Waals surface area contributed by atoms with Crippen molar-refractivity contribution in [3.63, 3.8) is 0 Å². The van der Waals surface area contributed by atoms with E-state index in [1.807, 2.05) is 0 Å². The fourth-order valence-corrected chi connectivity index (χ4v) is 1.34. The molecule has 1 aliphatic carbocycles. The fraction of sp³-hybridized carbons (Fsp3) is 1.00. The van der Waals surface area contributed by atoms with Crippen LogP contribution in [0.4, 0.5) is 8.78 Å². The minimum atomic E-state index is -2.34. The van der Waals surface area contributed by atoms with E-state index in [9.17, 15) is 8.78 Å². The Morgan fingerprint density at radius 1 is 1.36 bits per heavy atom. The molecule has 1 rings (SSSR count). The maximum atomic E-state index is 11.9. The van der Waals surface area contributed by atoms with Gasteiger partial charge in [0.1, 0.15) is 0 Å². The van der Waals surface area contributed by atoms with Crippen molar-refractivity contribution in [2.75, 3.05) is 0 Å². The molecule has 0 bridgehead atoms. The number of alkyl halides is 2. The molecule has 0 aliphatic heterocycles. The molecule has 0 aromatic rings. The van der Waals surface area contributed by atoms with Crippen molar-refractivity contribution in [1.82, 2.24) is 0 Å². The van der Waals surface area contributed by atoms with E-state index in [0.29, 0.717) is 12.3 Å².